The Hall–Kier alpha value is -3.17. The van der Waals surface area contributed by atoms with Gasteiger partial charge in [0.05, 0.1) is 6.54 Å². The molecule has 0 saturated carbocycles. The van der Waals surface area contributed by atoms with Gasteiger partial charge in [0.15, 0.2) is 23.3 Å². The van der Waals surface area contributed by atoms with Gasteiger partial charge in [-0.25, -0.2) is 22.0 Å². The first-order valence-corrected chi connectivity index (χ1v) is 7.55. The zero-order valence-electron chi connectivity index (χ0n) is 14.1. The fourth-order valence-electron chi connectivity index (χ4n) is 2.04. The van der Waals surface area contributed by atoms with Crippen molar-refractivity contribution < 1.29 is 31.5 Å². The van der Waals surface area contributed by atoms with E-state index in [1.807, 2.05) is 6.92 Å². The molecule has 2 amide bonds. The molecule has 0 aliphatic carbocycles. The summed E-state index contributed by atoms with van der Waals surface area (Å²) in [7, 11) is 0. The minimum Gasteiger partial charge on any atom is -0.343 e. The van der Waals surface area contributed by atoms with Crippen LogP contribution in [0.4, 0.5) is 27.6 Å². The summed E-state index contributed by atoms with van der Waals surface area (Å²) in [6.45, 7) is 3.05. The molecule has 0 bridgehead atoms. The number of halogens is 5. The van der Waals surface area contributed by atoms with Gasteiger partial charge in [0.1, 0.15) is 5.69 Å². The average Bonchev–Trinajstić information content (AvgIpc) is 2.65. The van der Waals surface area contributed by atoms with E-state index in [1.54, 1.807) is 36.0 Å². The Bertz CT molecular complexity index is 889. The molecule has 2 aromatic rings. The van der Waals surface area contributed by atoms with Gasteiger partial charge in [-0.15, -0.1) is 0 Å². The Morgan fingerprint density at radius 3 is 1.96 bits per heavy atom. The molecule has 27 heavy (non-hydrogen) atoms. The predicted molar refractivity (Wildman–Crippen MR) is 86.2 cm³/mol. The summed E-state index contributed by atoms with van der Waals surface area (Å²) in [6.07, 6.45) is 0. The summed E-state index contributed by atoms with van der Waals surface area (Å²) in [5.74, 6) is -12.5. The van der Waals surface area contributed by atoms with Gasteiger partial charge in [-0.1, -0.05) is 6.07 Å². The lowest BCUT2D eigenvalue weighted by molar-refractivity contribution is -0.119. The molecule has 0 aliphatic heterocycles. The number of benzene rings is 2. The van der Waals surface area contributed by atoms with Gasteiger partial charge in [0, 0.05) is 5.56 Å². The second kappa shape index (κ2) is 8.02. The van der Waals surface area contributed by atoms with Crippen LogP contribution in [0.1, 0.15) is 21.5 Å². The highest BCUT2D eigenvalue weighted by Crippen LogP contribution is 2.26. The zero-order chi connectivity index (χ0) is 20.3. The number of amides is 2. The van der Waals surface area contributed by atoms with Gasteiger partial charge in [-0.3, -0.25) is 20.4 Å². The molecule has 0 aliphatic rings. The van der Waals surface area contributed by atoms with E-state index in [0.29, 0.717) is 5.56 Å². The topological polar surface area (TPSA) is 70.2 Å². The highest BCUT2D eigenvalue weighted by atomic mass is 19.2. The maximum Gasteiger partial charge on any atom is 0.257 e. The van der Waals surface area contributed by atoms with Crippen LogP contribution in [-0.4, -0.2) is 18.4 Å². The predicted octanol–water partition coefficient (Wildman–Crippen LogP) is 2.87. The van der Waals surface area contributed by atoms with E-state index in [4.69, 9.17) is 0 Å². The third-order valence-electron chi connectivity index (χ3n) is 3.72. The SMILES string of the molecule is Cc1ccc(C(=O)NCC(=O)NNc2c(F)c(F)c(F)c(F)c2F)cc1C. The van der Waals surface area contributed by atoms with Crippen molar-refractivity contribution in [2.45, 2.75) is 13.8 Å². The number of hydrazine groups is 1. The number of rotatable bonds is 5. The van der Waals surface area contributed by atoms with Crippen LogP contribution in [0.5, 0.6) is 0 Å². The lowest BCUT2D eigenvalue weighted by atomic mass is 10.1. The lowest BCUT2D eigenvalue weighted by Gasteiger charge is -2.12. The van der Waals surface area contributed by atoms with Crippen LogP contribution in [0.3, 0.4) is 0 Å². The molecular weight excluding hydrogens is 373 g/mol. The number of hydrogen-bond donors (Lipinski definition) is 3. The molecule has 5 nitrogen and oxygen atoms in total. The molecule has 0 radical (unpaired) electrons. The Labute approximate surface area is 150 Å². The Balaban J connectivity index is 1.97. The first-order valence-electron chi connectivity index (χ1n) is 7.55. The van der Waals surface area contributed by atoms with Crippen LogP contribution in [0.25, 0.3) is 0 Å². The molecule has 3 N–H and O–H groups in total. The van der Waals surface area contributed by atoms with Crippen molar-refractivity contribution in [3.63, 3.8) is 0 Å². The number of carbonyl (C=O) groups excluding carboxylic acids is 2. The summed E-state index contributed by atoms with van der Waals surface area (Å²) in [5, 5.41) is 2.26. The van der Waals surface area contributed by atoms with E-state index in [1.165, 1.54) is 0 Å². The van der Waals surface area contributed by atoms with Crippen molar-refractivity contribution in [3.05, 3.63) is 64.0 Å². The summed E-state index contributed by atoms with van der Waals surface area (Å²) >= 11 is 0. The molecule has 0 unspecified atom stereocenters. The molecule has 0 atom stereocenters. The Morgan fingerprint density at radius 2 is 1.41 bits per heavy atom. The Kier molecular flexibility index (Phi) is 5.98. The molecule has 10 heteroatoms. The molecule has 0 fully saturated rings. The molecule has 2 aromatic carbocycles. The normalized spacial score (nSPS) is 10.5. The van der Waals surface area contributed by atoms with Crippen molar-refractivity contribution >= 4 is 17.5 Å². The number of carbonyl (C=O) groups is 2. The maximum absolute atomic E-state index is 13.5. The van der Waals surface area contributed by atoms with Crippen molar-refractivity contribution in [2.75, 3.05) is 12.0 Å². The fraction of sp³-hybridized carbons (Fsp3) is 0.176. The van der Waals surface area contributed by atoms with Gasteiger partial charge in [0.25, 0.3) is 11.8 Å². The second-order valence-corrected chi connectivity index (χ2v) is 5.60. The third-order valence-corrected chi connectivity index (χ3v) is 3.72. The van der Waals surface area contributed by atoms with Crippen LogP contribution in [0, 0.1) is 42.9 Å². The standard InChI is InChI=1S/C17H14F5N3O2/c1-7-3-4-9(5-8(7)2)17(27)23-6-10(26)24-25-16-14(21)12(19)11(18)13(20)15(16)22/h3-5,25H,6H2,1-2H3,(H,23,27)(H,24,26). The second-order valence-electron chi connectivity index (χ2n) is 5.60. The summed E-state index contributed by atoms with van der Waals surface area (Å²) < 4.78 is 66.0. The number of hydrogen-bond acceptors (Lipinski definition) is 3. The van der Waals surface area contributed by atoms with Gasteiger partial charge >= 0.3 is 0 Å². The Morgan fingerprint density at radius 1 is 0.852 bits per heavy atom. The van der Waals surface area contributed by atoms with Gasteiger partial charge in [0.2, 0.25) is 5.82 Å². The van der Waals surface area contributed by atoms with Crippen LogP contribution in [0.2, 0.25) is 0 Å². The van der Waals surface area contributed by atoms with Crippen LogP contribution in [0.15, 0.2) is 18.2 Å². The van der Waals surface area contributed by atoms with Crippen molar-refractivity contribution in [3.8, 4) is 0 Å². The quantitative estimate of drug-likeness (QED) is 0.320. The fourth-order valence-corrected chi connectivity index (χ4v) is 2.04. The van der Waals surface area contributed by atoms with Crippen molar-refractivity contribution in [2.24, 2.45) is 0 Å². The molecule has 0 spiro atoms. The van der Waals surface area contributed by atoms with E-state index in [9.17, 15) is 31.5 Å². The minimum absolute atomic E-state index is 0.290. The van der Waals surface area contributed by atoms with Crippen LogP contribution >= 0.6 is 0 Å². The van der Waals surface area contributed by atoms with Gasteiger partial charge < -0.3 is 5.32 Å². The summed E-state index contributed by atoms with van der Waals surface area (Å²) in [6, 6.07) is 4.87. The summed E-state index contributed by atoms with van der Waals surface area (Å²) in [4.78, 5) is 23.6. The minimum atomic E-state index is -2.32. The van der Waals surface area contributed by atoms with Crippen molar-refractivity contribution in [1.82, 2.24) is 10.7 Å². The lowest BCUT2D eigenvalue weighted by Crippen LogP contribution is -2.40. The summed E-state index contributed by atoms with van der Waals surface area (Å²) in [5.41, 5.74) is 4.07. The third kappa shape index (κ3) is 4.33. The smallest absolute Gasteiger partial charge is 0.257 e. The van der Waals surface area contributed by atoms with Gasteiger partial charge in [-0.05, 0) is 37.1 Å². The van der Waals surface area contributed by atoms with Crippen molar-refractivity contribution in [1.29, 1.82) is 0 Å². The average molecular weight is 387 g/mol. The first kappa shape index (κ1) is 20.1. The molecule has 0 heterocycles. The first-order chi connectivity index (χ1) is 12.6. The monoisotopic (exact) mass is 387 g/mol. The molecule has 0 aromatic heterocycles. The molecule has 2 rings (SSSR count). The molecule has 0 saturated heterocycles. The van der Waals surface area contributed by atoms with Crippen LogP contribution < -0.4 is 16.2 Å². The van der Waals surface area contributed by atoms with E-state index in [2.05, 4.69) is 5.32 Å². The molecular formula is C17H14F5N3O2. The largest absolute Gasteiger partial charge is 0.343 e. The van der Waals surface area contributed by atoms with E-state index >= 15 is 0 Å². The number of nitrogens with one attached hydrogen (secondary N) is 3. The highest BCUT2D eigenvalue weighted by Gasteiger charge is 2.26. The van der Waals surface area contributed by atoms with E-state index in [0.717, 1.165) is 11.1 Å². The number of aryl methyl sites for hydroxylation is 2. The molecule has 144 valence electrons. The maximum atomic E-state index is 13.5. The van der Waals surface area contributed by atoms with Gasteiger partial charge in [-0.2, -0.15) is 0 Å². The zero-order valence-corrected chi connectivity index (χ0v) is 14.1. The highest BCUT2D eigenvalue weighted by molar-refractivity contribution is 5.96. The van der Waals surface area contributed by atoms with E-state index in [-0.39, 0.29) is 0 Å². The van der Waals surface area contributed by atoms with Crippen LogP contribution in [-0.2, 0) is 4.79 Å². The number of anilines is 1. The van der Waals surface area contributed by atoms with E-state index < -0.39 is 53.1 Å².